The average molecular weight is 271 g/mol. The number of amides is 1. The fraction of sp³-hybridized carbons (Fsp3) is 0.143. The molecular weight excluding hydrogens is 258 g/mol. The van der Waals surface area contributed by atoms with Crippen LogP contribution >= 0.6 is 11.3 Å². The van der Waals surface area contributed by atoms with E-state index in [0.29, 0.717) is 5.56 Å². The number of carbonyl (C=O) groups is 1. The van der Waals surface area contributed by atoms with E-state index in [1.807, 2.05) is 43.5 Å². The summed E-state index contributed by atoms with van der Waals surface area (Å²) in [5, 5.41) is 12.7. The second-order valence-corrected chi connectivity index (χ2v) is 5.32. The van der Waals surface area contributed by atoms with Gasteiger partial charge in [-0.3, -0.25) is 9.89 Å². The molecule has 0 atom stereocenters. The van der Waals surface area contributed by atoms with Gasteiger partial charge in [0.1, 0.15) is 0 Å². The van der Waals surface area contributed by atoms with Crippen LogP contribution < -0.4 is 5.32 Å². The number of nitrogens with one attached hydrogen (secondary N) is 2. The molecule has 1 amide bonds. The number of aromatic nitrogens is 2. The summed E-state index contributed by atoms with van der Waals surface area (Å²) in [6.45, 7) is 3.76. The number of aryl methyl sites for hydroxylation is 2. The van der Waals surface area contributed by atoms with E-state index in [9.17, 15) is 4.79 Å². The maximum atomic E-state index is 12.3. The van der Waals surface area contributed by atoms with Crippen molar-refractivity contribution in [2.75, 3.05) is 5.32 Å². The summed E-state index contributed by atoms with van der Waals surface area (Å²) in [4.78, 5) is 12.3. The molecular formula is C14H13N3OS. The summed E-state index contributed by atoms with van der Waals surface area (Å²) >= 11 is 1.58. The van der Waals surface area contributed by atoms with Crippen molar-refractivity contribution in [3.63, 3.8) is 0 Å². The number of anilines is 1. The third kappa shape index (κ3) is 2.02. The first-order chi connectivity index (χ1) is 9.16. The van der Waals surface area contributed by atoms with E-state index < -0.39 is 0 Å². The molecule has 3 rings (SSSR count). The van der Waals surface area contributed by atoms with Crippen molar-refractivity contribution in [1.29, 1.82) is 0 Å². The smallest absolute Gasteiger partial charge is 0.257 e. The summed E-state index contributed by atoms with van der Waals surface area (Å²) in [6, 6.07) is 7.91. The highest BCUT2D eigenvalue weighted by Gasteiger charge is 2.15. The lowest BCUT2D eigenvalue weighted by atomic mass is 10.1. The number of fused-ring (bicyclic) bond motifs is 1. The molecule has 1 aromatic carbocycles. The van der Waals surface area contributed by atoms with Gasteiger partial charge in [0.05, 0.1) is 22.6 Å². The molecule has 0 radical (unpaired) electrons. The van der Waals surface area contributed by atoms with Gasteiger partial charge in [0, 0.05) is 15.5 Å². The van der Waals surface area contributed by atoms with E-state index in [-0.39, 0.29) is 5.91 Å². The van der Waals surface area contributed by atoms with Gasteiger partial charge >= 0.3 is 0 Å². The van der Waals surface area contributed by atoms with Gasteiger partial charge in [-0.2, -0.15) is 5.10 Å². The highest BCUT2D eigenvalue weighted by Crippen LogP contribution is 2.27. The highest BCUT2D eigenvalue weighted by molar-refractivity contribution is 7.17. The molecule has 19 heavy (non-hydrogen) atoms. The molecule has 0 spiro atoms. The van der Waals surface area contributed by atoms with Crippen LogP contribution in [0.5, 0.6) is 0 Å². The van der Waals surface area contributed by atoms with Crippen molar-refractivity contribution >= 4 is 33.0 Å². The number of rotatable bonds is 2. The summed E-state index contributed by atoms with van der Waals surface area (Å²) < 4.78 is 1.12. The molecule has 0 bridgehead atoms. The first kappa shape index (κ1) is 11.9. The number of hydrogen-bond acceptors (Lipinski definition) is 3. The number of thiophene rings is 1. The van der Waals surface area contributed by atoms with E-state index in [2.05, 4.69) is 15.5 Å². The Hall–Kier alpha value is -2.14. The van der Waals surface area contributed by atoms with Crippen LogP contribution in [0.3, 0.4) is 0 Å². The third-order valence-corrected chi connectivity index (χ3v) is 4.06. The van der Waals surface area contributed by atoms with Crippen LogP contribution in [0.4, 0.5) is 5.69 Å². The van der Waals surface area contributed by atoms with E-state index in [0.717, 1.165) is 27.2 Å². The van der Waals surface area contributed by atoms with Gasteiger partial charge in [0.15, 0.2) is 0 Å². The minimum Gasteiger partial charge on any atom is -0.319 e. The van der Waals surface area contributed by atoms with Gasteiger partial charge in [0.25, 0.3) is 5.91 Å². The number of carbonyl (C=O) groups excluding carboxylic acids is 1. The number of benzene rings is 1. The van der Waals surface area contributed by atoms with Crippen molar-refractivity contribution in [1.82, 2.24) is 10.2 Å². The average Bonchev–Trinajstić information content (AvgIpc) is 2.97. The van der Waals surface area contributed by atoms with Crippen molar-refractivity contribution < 1.29 is 4.79 Å². The SMILES string of the molecule is Cc1n[nH]c(C)c1NC(=O)c1csc2ccccc12. The molecule has 0 fully saturated rings. The van der Waals surface area contributed by atoms with E-state index in [4.69, 9.17) is 0 Å². The Kier molecular flexibility index (Phi) is 2.83. The van der Waals surface area contributed by atoms with Gasteiger partial charge < -0.3 is 5.32 Å². The van der Waals surface area contributed by atoms with Crippen LogP contribution in [0, 0.1) is 13.8 Å². The number of H-pyrrole nitrogens is 1. The summed E-state index contributed by atoms with van der Waals surface area (Å²) in [6.07, 6.45) is 0. The van der Waals surface area contributed by atoms with E-state index in [1.165, 1.54) is 0 Å². The van der Waals surface area contributed by atoms with Crippen LogP contribution in [0.15, 0.2) is 29.6 Å². The minimum absolute atomic E-state index is 0.0925. The molecule has 0 saturated heterocycles. The molecule has 3 aromatic rings. The second-order valence-electron chi connectivity index (χ2n) is 4.41. The largest absolute Gasteiger partial charge is 0.319 e. The van der Waals surface area contributed by atoms with Gasteiger partial charge in [-0.1, -0.05) is 18.2 Å². The van der Waals surface area contributed by atoms with Gasteiger partial charge in [-0.25, -0.2) is 0 Å². The van der Waals surface area contributed by atoms with Crippen molar-refractivity contribution in [2.45, 2.75) is 13.8 Å². The van der Waals surface area contributed by atoms with Crippen LogP contribution in [-0.4, -0.2) is 16.1 Å². The molecule has 96 valence electrons. The predicted octanol–water partition coefficient (Wildman–Crippen LogP) is 3.49. The molecule has 0 aliphatic heterocycles. The van der Waals surface area contributed by atoms with Gasteiger partial charge in [0.2, 0.25) is 0 Å². The first-order valence-electron chi connectivity index (χ1n) is 5.96. The Labute approximate surface area is 114 Å². The van der Waals surface area contributed by atoms with Crippen LogP contribution in [0.1, 0.15) is 21.7 Å². The molecule has 4 nitrogen and oxygen atoms in total. The molecule has 2 aromatic heterocycles. The molecule has 0 saturated carbocycles. The van der Waals surface area contributed by atoms with E-state index >= 15 is 0 Å². The van der Waals surface area contributed by atoms with Crippen LogP contribution in [0.2, 0.25) is 0 Å². The second kappa shape index (κ2) is 4.51. The topological polar surface area (TPSA) is 57.8 Å². The zero-order chi connectivity index (χ0) is 13.4. The Morgan fingerprint density at radius 3 is 2.84 bits per heavy atom. The fourth-order valence-electron chi connectivity index (χ4n) is 2.07. The minimum atomic E-state index is -0.0925. The maximum absolute atomic E-state index is 12.3. The predicted molar refractivity (Wildman–Crippen MR) is 77.8 cm³/mol. The maximum Gasteiger partial charge on any atom is 0.257 e. The lowest BCUT2D eigenvalue weighted by Crippen LogP contribution is -2.12. The summed E-state index contributed by atoms with van der Waals surface area (Å²) in [5.74, 6) is -0.0925. The quantitative estimate of drug-likeness (QED) is 0.749. The molecule has 0 aliphatic rings. The number of nitrogens with zero attached hydrogens (tertiary/aromatic N) is 1. The molecule has 2 N–H and O–H groups in total. The fourth-order valence-corrected chi connectivity index (χ4v) is 3.01. The molecule has 2 heterocycles. The van der Waals surface area contributed by atoms with Gasteiger partial charge in [-0.15, -0.1) is 11.3 Å². The zero-order valence-electron chi connectivity index (χ0n) is 10.7. The molecule has 0 unspecified atom stereocenters. The monoisotopic (exact) mass is 271 g/mol. The molecule has 0 aliphatic carbocycles. The normalized spacial score (nSPS) is 10.8. The van der Waals surface area contributed by atoms with Crippen LogP contribution in [0.25, 0.3) is 10.1 Å². The Bertz CT molecular complexity index is 737. The Morgan fingerprint density at radius 2 is 2.11 bits per heavy atom. The number of aromatic amines is 1. The van der Waals surface area contributed by atoms with Crippen molar-refractivity contribution in [3.8, 4) is 0 Å². The zero-order valence-corrected chi connectivity index (χ0v) is 11.5. The third-order valence-electron chi connectivity index (χ3n) is 3.09. The van der Waals surface area contributed by atoms with Crippen molar-refractivity contribution in [3.05, 3.63) is 46.6 Å². The van der Waals surface area contributed by atoms with Crippen LogP contribution in [-0.2, 0) is 0 Å². The van der Waals surface area contributed by atoms with Crippen molar-refractivity contribution in [2.24, 2.45) is 0 Å². The van der Waals surface area contributed by atoms with Gasteiger partial charge in [-0.05, 0) is 19.9 Å². The lowest BCUT2D eigenvalue weighted by Gasteiger charge is -2.04. The Morgan fingerprint density at radius 1 is 1.32 bits per heavy atom. The standard InChI is InChI=1S/C14H13N3OS/c1-8-13(9(2)17-16-8)15-14(18)11-7-19-12-6-4-3-5-10(11)12/h3-7H,1-2H3,(H,15,18)(H,16,17). The Balaban J connectivity index is 1.97. The summed E-state index contributed by atoms with van der Waals surface area (Å²) in [7, 11) is 0. The van der Waals surface area contributed by atoms with E-state index in [1.54, 1.807) is 11.3 Å². The number of hydrogen-bond donors (Lipinski definition) is 2. The molecule has 5 heteroatoms. The highest BCUT2D eigenvalue weighted by atomic mass is 32.1. The first-order valence-corrected chi connectivity index (χ1v) is 6.84. The lowest BCUT2D eigenvalue weighted by molar-refractivity contribution is 0.102. The summed E-state index contributed by atoms with van der Waals surface area (Å²) in [5.41, 5.74) is 3.14.